The predicted octanol–water partition coefficient (Wildman–Crippen LogP) is 0.792. The van der Waals surface area contributed by atoms with E-state index in [0.29, 0.717) is 5.89 Å². The summed E-state index contributed by atoms with van der Waals surface area (Å²) >= 11 is 1.08. The second-order valence-electron chi connectivity index (χ2n) is 4.60. The number of amides is 1. The molecule has 0 unspecified atom stereocenters. The summed E-state index contributed by atoms with van der Waals surface area (Å²) in [4.78, 5) is 22.9. The third-order valence-corrected chi connectivity index (χ3v) is 3.61. The van der Waals surface area contributed by atoms with E-state index in [1.54, 1.807) is 0 Å². The topological polar surface area (TPSA) is 119 Å². The van der Waals surface area contributed by atoms with Gasteiger partial charge in [-0.3, -0.25) is 10.2 Å². The van der Waals surface area contributed by atoms with Gasteiger partial charge >= 0.3 is 5.69 Å². The van der Waals surface area contributed by atoms with Crippen LogP contribution >= 0.6 is 11.8 Å². The first-order chi connectivity index (χ1) is 11.1. The summed E-state index contributed by atoms with van der Waals surface area (Å²) in [5.74, 6) is 0.0176. The molecule has 0 aliphatic rings. The molecule has 0 fully saturated rings. The lowest BCUT2D eigenvalue weighted by molar-refractivity contribution is -0.114. The fourth-order valence-corrected chi connectivity index (χ4v) is 2.34. The number of nitrogens with one attached hydrogen (secondary N) is 2. The highest BCUT2D eigenvalue weighted by atomic mass is 32.2. The van der Waals surface area contributed by atoms with Crippen LogP contribution in [0.4, 0.5) is 0 Å². The highest BCUT2D eigenvalue weighted by Crippen LogP contribution is 2.23. The molecule has 3 rings (SSSR count). The Bertz CT molecular complexity index is 883. The number of thioether (sulfide) groups is 1. The van der Waals surface area contributed by atoms with Crippen molar-refractivity contribution in [1.82, 2.24) is 25.1 Å². The van der Waals surface area contributed by atoms with E-state index in [0.717, 1.165) is 27.6 Å². The molecule has 0 radical (unpaired) electrons. The van der Waals surface area contributed by atoms with Gasteiger partial charge in [-0.25, -0.2) is 9.89 Å². The summed E-state index contributed by atoms with van der Waals surface area (Å²) < 4.78 is 6.46. The first-order valence-corrected chi connectivity index (χ1v) is 7.55. The van der Waals surface area contributed by atoms with Crippen LogP contribution in [-0.4, -0.2) is 36.7 Å². The molecule has 23 heavy (non-hydrogen) atoms. The third-order valence-electron chi connectivity index (χ3n) is 2.80. The number of hydrogen-bond donors (Lipinski definition) is 2. The number of aromatic amines is 1. The van der Waals surface area contributed by atoms with E-state index >= 15 is 0 Å². The molecule has 0 aliphatic heterocycles. The minimum absolute atomic E-state index is 0.0209. The number of aromatic nitrogens is 5. The molecule has 2 aromatic heterocycles. The van der Waals surface area contributed by atoms with Crippen LogP contribution in [0.2, 0.25) is 0 Å². The van der Waals surface area contributed by atoms with Crippen LogP contribution in [0.5, 0.6) is 0 Å². The van der Waals surface area contributed by atoms with Gasteiger partial charge in [-0.05, 0) is 19.1 Å². The summed E-state index contributed by atoms with van der Waals surface area (Å²) in [5.41, 5.74) is 3.74. The molecule has 3 aromatic rings. The zero-order valence-electron chi connectivity index (χ0n) is 12.0. The molecule has 10 heteroatoms. The lowest BCUT2D eigenvalue weighted by Gasteiger charge is -2.01. The van der Waals surface area contributed by atoms with Crippen molar-refractivity contribution in [3.8, 4) is 11.5 Å². The lowest BCUT2D eigenvalue weighted by Crippen LogP contribution is -2.31. The average molecular weight is 332 g/mol. The maximum absolute atomic E-state index is 11.7. The molecule has 0 saturated carbocycles. The van der Waals surface area contributed by atoms with Gasteiger partial charge in [0.25, 0.3) is 5.22 Å². The summed E-state index contributed by atoms with van der Waals surface area (Å²) in [6.45, 7) is 1.97. The summed E-state index contributed by atoms with van der Waals surface area (Å²) in [6.07, 6.45) is 1.17. The van der Waals surface area contributed by atoms with Gasteiger partial charge in [0.05, 0.1) is 5.75 Å². The second kappa shape index (κ2) is 6.48. The molecule has 2 heterocycles. The molecule has 1 amide bonds. The first-order valence-electron chi connectivity index (χ1n) is 6.57. The molecule has 0 saturated heterocycles. The van der Waals surface area contributed by atoms with Crippen LogP contribution in [0, 0.1) is 6.92 Å². The average Bonchev–Trinajstić information content (AvgIpc) is 3.15. The number of rotatable bonds is 5. The lowest BCUT2D eigenvalue weighted by atomic mass is 10.1. The Morgan fingerprint density at radius 1 is 1.43 bits per heavy atom. The van der Waals surface area contributed by atoms with E-state index in [-0.39, 0.29) is 11.0 Å². The SMILES string of the molecule is Cc1cccc(-c2nnc(SCC(=O)Nn3cn[nH]c3=O)o2)c1. The number of benzene rings is 1. The smallest absolute Gasteiger partial charge is 0.362 e. The van der Waals surface area contributed by atoms with Crippen LogP contribution < -0.4 is 11.1 Å². The Hall–Kier alpha value is -2.88. The number of H-pyrrole nitrogens is 1. The van der Waals surface area contributed by atoms with Crippen molar-refractivity contribution >= 4 is 17.7 Å². The second-order valence-corrected chi connectivity index (χ2v) is 5.52. The fourth-order valence-electron chi connectivity index (χ4n) is 1.78. The molecule has 0 bridgehead atoms. The van der Waals surface area contributed by atoms with Crippen molar-refractivity contribution in [3.05, 3.63) is 46.6 Å². The molecular formula is C13H12N6O3S. The highest BCUT2D eigenvalue weighted by molar-refractivity contribution is 7.99. The first kappa shape index (κ1) is 15.0. The number of nitrogens with zero attached hydrogens (tertiary/aromatic N) is 4. The van der Waals surface area contributed by atoms with Crippen molar-refractivity contribution in [2.45, 2.75) is 12.1 Å². The number of hydrogen-bond acceptors (Lipinski definition) is 7. The van der Waals surface area contributed by atoms with E-state index in [2.05, 4.69) is 25.8 Å². The number of carbonyl (C=O) groups excluding carboxylic acids is 1. The van der Waals surface area contributed by atoms with Gasteiger partial charge in [-0.2, -0.15) is 9.77 Å². The number of carbonyl (C=O) groups is 1. The summed E-state index contributed by atoms with van der Waals surface area (Å²) in [5, 5.41) is 13.8. The maximum Gasteiger partial charge on any atom is 0.362 e. The van der Waals surface area contributed by atoms with Gasteiger partial charge in [-0.15, -0.1) is 10.2 Å². The zero-order chi connectivity index (χ0) is 16.2. The largest absolute Gasteiger partial charge is 0.411 e. The summed E-state index contributed by atoms with van der Waals surface area (Å²) in [6, 6.07) is 7.67. The van der Waals surface area contributed by atoms with Crippen LogP contribution in [-0.2, 0) is 4.79 Å². The van der Waals surface area contributed by atoms with Gasteiger partial charge in [0.15, 0.2) is 0 Å². The molecule has 9 nitrogen and oxygen atoms in total. The Morgan fingerprint density at radius 2 is 2.30 bits per heavy atom. The van der Waals surface area contributed by atoms with Gasteiger partial charge in [0, 0.05) is 5.56 Å². The Labute approximate surface area is 134 Å². The molecule has 118 valence electrons. The van der Waals surface area contributed by atoms with Gasteiger partial charge in [0.1, 0.15) is 6.33 Å². The van der Waals surface area contributed by atoms with E-state index in [9.17, 15) is 9.59 Å². The zero-order valence-corrected chi connectivity index (χ0v) is 12.8. The molecule has 2 N–H and O–H groups in total. The quantitative estimate of drug-likeness (QED) is 0.663. The van der Waals surface area contributed by atoms with E-state index < -0.39 is 11.6 Å². The fraction of sp³-hybridized carbons (Fsp3) is 0.154. The maximum atomic E-state index is 11.7. The van der Waals surface area contributed by atoms with Crippen molar-refractivity contribution < 1.29 is 9.21 Å². The standard InChI is InChI=1S/C13H12N6O3S/c1-8-3-2-4-9(5-8)11-15-17-13(22-11)23-6-10(20)18-19-7-14-16-12(19)21/h2-5,7H,6H2,1H3,(H,16,21)(H,18,20). The predicted molar refractivity (Wildman–Crippen MR) is 82.4 cm³/mol. The normalized spacial score (nSPS) is 10.7. The van der Waals surface area contributed by atoms with E-state index in [1.165, 1.54) is 6.33 Å². The summed E-state index contributed by atoms with van der Waals surface area (Å²) in [7, 11) is 0. The van der Waals surface area contributed by atoms with E-state index in [1.807, 2.05) is 31.2 Å². The Morgan fingerprint density at radius 3 is 3.04 bits per heavy atom. The Kier molecular flexibility index (Phi) is 4.24. The Balaban J connectivity index is 1.60. The van der Waals surface area contributed by atoms with Crippen LogP contribution in [0.3, 0.4) is 0 Å². The monoisotopic (exact) mass is 332 g/mol. The molecule has 0 aliphatic carbocycles. The van der Waals surface area contributed by atoms with Crippen LogP contribution in [0.1, 0.15) is 5.56 Å². The van der Waals surface area contributed by atoms with Gasteiger partial charge in [-0.1, -0.05) is 29.5 Å². The van der Waals surface area contributed by atoms with Gasteiger partial charge in [0.2, 0.25) is 11.8 Å². The number of aryl methyl sites for hydroxylation is 1. The molecule has 1 aromatic carbocycles. The van der Waals surface area contributed by atoms with Crippen molar-refractivity contribution in [1.29, 1.82) is 0 Å². The van der Waals surface area contributed by atoms with Crippen molar-refractivity contribution in [2.75, 3.05) is 11.2 Å². The van der Waals surface area contributed by atoms with E-state index in [4.69, 9.17) is 4.42 Å². The minimum Gasteiger partial charge on any atom is -0.411 e. The minimum atomic E-state index is -0.525. The molecule has 0 spiro atoms. The van der Waals surface area contributed by atoms with Crippen molar-refractivity contribution in [3.63, 3.8) is 0 Å². The van der Waals surface area contributed by atoms with Gasteiger partial charge < -0.3 is 4.42 Å². The molecule has 0 atom stereocenters. The van der Waals surface area contributed by atoms with Crippen LogP contribution in [0.15, 0.2) is 45.0 Å². The molecular weight excluding hydrogens is 320 g/mol. The highest BCUT2D eigenvalue weighted by Gasteiger charge is 2.12. The third kappa shape index (κ3) is 3.66. The van der Waals surface area contributed by atoms with Crippen molar-refractivity contribution in [2.24, 2.45) is 0 Å². The van der Waals surface area contributed by atoms with Crippen LogP contribution in [0.25, 0.3) is 11.5 Å².